The van der Waals surface area contributed by atoms with Crippen molar-refractivity contribution in [2.45, 2.75) is 32.0 Å². The maximum absolute atomic E-state index is 6.12. The fourth-order valence-electron chi connectivity index (χ4n) is 3.03. The van der Waals surface area contributed by atoms with Gasteiger partial charge in [0.25, 0.3) is 0 Å². The standard InChI is InChI=1S/C16H15BrN2O2/c1-16(2)19-13(9-12(18-19)15-4-3-7-20-15)11-8-10(17)5-6-14(11)21-16/h3-8,13H,9H2,1-2H3/t13-/m1/s1. The van der Waals surface area contributed by atoms with E-state index in [-0.39, 0.29) is 6.04 Å². The quantitative estimate of drug-likeness (QED) is 0.771. The SMILES string of the molecule is CC1(C)Oc2ccc(Br)cc2[C@H]2CC(c3ccco3)=NN21. The van der Waals surface area contributed by atoms with Gasteiger partial charge in [0, 0.05) is 16.5 Å². The Morgan fingerprint density at radius 2 is 2.19 bits per heavy atom. The number of halogens is 1. The van der Waals surface area contributed by atoms with Crippen molar-refractivity contribution in [3.05, 3.63) is 52.4 Å². The van der Waals surface area contributed by atoms with E-state index in [1.807, 2.05) is 43.1 Å². The Kier molecular flexibility index (Phi) is 2.70. The van der Waals surface area contributed by atoms with Gasteiger partial charge in [0.05, 0.1) is 12.3 Å². The zero-order valence-corrected chi connectivity index (χ0v) is 13.4. The summed E-state index contributed by atoms with van der Waals surface area (Å²) in [4.78, 5) is 0. The highest BCUT2D eigenvalue weighted by molar-refractivity contribution is 9.10. The van der Waals surface area contributed by atoms with Gasteiger partial charge in [-0.25, -0.2) is 5.01 Å². The molecule has 2 aliphatic rings. The average molecular weight is 347 g/mol. The third-order valence-electron chi connectivity index (χ3n) is 3.96. The summed E-state index contributed by atoms with van der Waals surface area (Å²) < 4.78 is 12.7. The van der Waals surface area contributed by atoms with E-state index in [0.29, 0.717) is 0 Å². The summed E-state index contributed by atoms with van der Waals surface area (Å²) in [6.45, 7) is 4.08. The number of nitrogens with zero attached hydrogens (tertiary/aromatic N) is 2. The maximum Gasteiger partial charge on any atom is 0.192 e. The van der Waals surface area contributed by atoms with E-state index in [9.17, 15) is 0 Å². The van der Waals surface area contributed by atoms with E-state index < -0.39 is 5.72 Å². The molecule has 21 heavy (non-hydrogen) atoms. The molecule has 0 amide bonds. The van der Waals surface area contributed by atoms with Gasteiger partial charge in [0.1, 0.15) is 17.2 Å². The van der Waals surface area contributed by atoms with Gasteiger partial charge in [-0.15, -0.1) is 0 Å². The fraction of sp³-hybridized carbons (Fsp3) is 0.312. The van der Waals surface area contributed by atoms with Crippen molar-refractivity contribution in [2.75, 3.05) is 0 Å². The predicted molar refractivity (Wildman–Crippen MR) is 83.3 cm³/mol. The van der Waals surface area contributed by atoms with Crippen molar-refractivity contribution in [1.29, 1.82) is 0 Å². The highest BCUT2D eigenvalue weighted by atomic mass is 79.9. The molecular weight excluding hydrogens is 332 g/mol. The Morgan fingerprint density at radius 1 is 1.33 bits per heavy atom. The van der Waals surface area contributed by atoms with Crippen LogP contribution in [0.15, 0.2) is 50.6 Å². The second-order valence-electron chi connectivity index (χ2n) is 5.82. The molecular formula is C16H15BrN2O2. The molecule has 2 aromatic rings. The summed E-state index contributed by atoms with van der Waals surface area (Å²) in [5, 5.41) is 6.79. The number of benzene rings is 1. The van der Waals surface area contributed by atoms with Crippen LogP contribution in [0, 0.1) is 0 Å². The van der Waals surface area contributed by atoms with E-state index in [4.69, 9.17) is 14.3 Å². The Balaban J connectivity index is 1.80. The van der Waals surface area contributed by atoms with Crippen LogP contribution in [0.3, 0.4) is 0 Å². The first-order valence-corrected chi connectivity index (χ1v) is 7.73. The van der Waals surface area contributed by atoms with Gasteiger partial charge in [0.2, 0.25) is 0 Å². The van der Waals surface area contributed by atoms with Gasteiger partial charge in [-0.2, -0.15) is 5.10 Å². The molecule has 1 aromatic carbocycles. The van der Waals surface area contributed by atoms with Crippen LogP contribution in [0.5, 0.6) is 5.75 Å². The molecule has 3 heterocycles. The largest absolute Gasteiger partial charge is 0.467 e. The lowest BCUT2D eigenvalue weighted by atomic mass is 9.97. The zero-order chi connectivity index (χ0) is 14.6. The van der Waals surface area contributed by atoms with E-state index in [1.165, 1.54) is 0 Å². The molecule has 4 rings (SSSR count). The molecule has 0 N–H and O–H groups in total. The van der Waals surface area contributed by atoms with Crippen molar-refractivity contribution in [3.8, 4) is 5.75 Å². The van der Waals surface area contributed by atoms with Crippen LogP contribution < -0.4 is 4.74 Å². The molecule has 4 nitrogen and oxygen atoms in total. The van der Waals surface area contributed by atoms with Gasteiger partial charge < -0.3 is 9.15 Å². The summed E-state index contributed by atoms with van der Waals surface area (Å²) in [6.07, 6.45) is 2.51. The van der Waals surface area contributed by atoms with Gasteiger partial charge in [-0.05, 0) is 44.2 Å². The van der Waals surface area contributed by atoms with Crippen LogP contribution in [0.4, 0.5) is 0 Å². The number of hydrogen-bond donors (Lipinski definition) is 0. The molecule has 0 radical (unpaired) electrons. The van der Waals surface area contributed by atoms with Crippen LogP contribution in [0.25, 0.3) is 0 Å². The van der Waals surface area contributed by atoms with E-state index in [1.54, 1.807) is 6.26 Å². The zero-order valence-electron chi connectivity index (χ0n) is 11.8. The molecule has 108 valence electrons. The molecule has 0 fully saturated rings. The molecule has 1 atom stereocenters. The summed E-state index contributed by atoms with van der Waals surface area (Å²) >= 11 is 3.54. The van der Waals surface area contributed by atoms with Crippen LogP contribution in [-0.2, 0) is 0 Å². The minimum Gasteiger partial charge on any atom is -0.467 e. The van der Waals surface area contributed by atoms with Crippen molar-refractivity contribution in [1.82, 2.24) is 5.01 Å². The molecule has 2 aliphatic heterocycles. The monoisotopic (exact) mass is 346 g/mol. The van der Waals surface area contributed by atoms with Crippen molar-refractivity contribution >= 4 is 21.6 Å². The van der Waals surface area contributed by atoms with Crippen LogP contribution in [-0.4, -0.2) is 16.4 Å². The van der Waals surface area contributed by atoms with Gasteiger partial charge >= 0.3 is 0 Å². The number of ether oxygens (including phenoxy) is 1. The minimum atomic E-state index is -0.472. The molecule has 1 aromatic heterocycles. The fourth-order valence-corrected chi connectivity index (χ4v) is 3.41. The number of fused-ring (bicyclic) bond motifs is 3. The van der Waals surface area contributed by atoms with Gasteiger partial charge in [-0.1, -0.05) is 15.9 Å². The number of hydrazone groups is 1. The third kappa shape index (κ3) is 1.99. The predicted octanol–water partition coefficient (Wildman–Crippen LogP) is 4.32. The molecule has 0 bridgehead atoms. The number of furan rings is 1. The van der Waals surface area contributed by atoms with Crippen LogP contribution in [0.1, 0.15) is 37.6 Å². The number of hydrogen-bond acceptors (Lipinski definition) is 4. The second kappa shape index (κ2) is 4.37. The Hall–Kier alpha value is -1.75. The molecule has 5 heteroatoms. The van der Waals surface area contributed by atoms with E-state index in [0.717, 1.165) is 33.7 Å². The van der Waals surface area contributed by atoms with E-state index >= 15 is 0 Å². The lowest BCUT2D eigenvalue weighted by Crippen LogP contribution is -2.48. The Morgan fingerprint density at radius 3 is 2.95 bits per heavy atom. The topological polar surface area (TPSA) is 38.0 Å². The highest BCUT2D eigenvalue weighted by Crippen LogP contribution is 2.47. The Bertz CT molecular complexity index is 722. The molecule has 0 aliphatic carbocycles. The lowest BCUT2D eigenvalue weighted by molar-refractivity contribution is -0.0911. The summed E-state index contributed by atoms with van der Waals surface area (Å²) in [5.41, 5.74) is 1.66. The Labute approximate surface area is 131 Å². The molecule has 0 spiro atoms. The van der Waals surface area contributed by atoms with E-state index in [2.05, 4.69) is 22.0 Å². The van der Waals surface area contributed by atoms with Crippen molar-refractivity contribution < 1.29 is 9.15 Å². The first-order chi connectivity index (χ1) is 10.0. The third-order valence-corrected chi connectivity index (χ3v) is 4.45. The maximum atomic E-state index is 6.12. The average Bonchev–Trinajstić information content (AvgIpc) is 3.07. The lowest BCUT2D eigenvalue weighted by Gasteiger charge is -2.43. The first-order valence-electron chi connectivity index (χ1n) is 6.94. The smallest absolute Gasteiger partial charge is 0.192 e. The second-order valence-corrected chi connectivity index (χ2v) is 6.74. The van der Waals surface area contributed by atoms with Crippen LogP contribution >= 0.6 is 15.9 Å². The molecule has 0 saturated heterocycles. The summed E-state index contributed by atoms with van der Waals surface area (Å²) in [5.74, 6) is 1.76. The summed E-state index contributed by atoms with van der Waals surface area (Å²) in [7, 11) is 0. The van der Waals surface area contributed by atoms with Crippen molar-refractivity contribution in [2.24, 2.45) is 5.10 Å². The van der Waals surface area contributed by atoms with Crippen molar-refractivity contribution in [3.63, 3.8) is 0 Å². The van der Waals surface area contributed by atoms with Gasteiger partial charge in [0.15, 0.2) is 5.72 Å². The molecule has 0 saturated carbocycles. The van der Waals surface area contributed by atoms with Gasteiger partial charge in [-0.3, -0.25) is 0 Å². The normalized spacial score (nSPS) is 22.3. The first kappa shape index (κ1) is 13.0. The van der Waals surface area contributed by atoms with Crippen LogP contribution in [0.2, 0.25) is 0 Å². The molecule has 0 unspecified atom stereocenters. The minimum absolute atomic E-state index is 0.182. The summed E-state index contributed by atoms with van der Waals surface area (Å²) in [6, 6.07) is 10.2. The highest BCUT2D eigenvalue weighted by Gasteiger charge is 2.45. The number of rotatable bonds is 1.